The fraction of sp³-hybridized carbons (Fsp3) is 0.167. The smallest absolute Gasteiger partial charge is 0.267 e. The number of hydrogen-bond donors (Lipinski definition) is 4. The second-order valence-electron chi connectivity index (χ2n) is 8.00. The average Bonchev–Trinajstić information content (AvgIpc) is 3.32. The van der Waals surface area contributed by atoms with E-state index in [2.05, 4.69) is 10.6 Å². The van der Waals surface area contributed by atoms with Crippen LogP contribution in [0.2, 0.25) is 0 Å². The van der Waals surface area contributed by atoms with Gasteiger partial charge in [0, 0.05) is 37.3 Å². The molecule has 0 spiro atoms. The molecule has 0 aromatic heterocycles. The first kappa shape index (κ1) is 27.6. The number of nitrogens with zero attached hydrogens (tertiary/aromatic N) is 2. The molecule has 0 radical (unpaired) electrons. The lowest BCUT2D eigenvalue weighted by Crippen LogP contribution is -2.33. The first-order chi connectivity index (χ1) is 18.1. The summed E-state index contributed by atoms with van der Waals surface area (Å²) in [6.45, 7) is 0.0472. The number of aromatic hydroxyl groups is 2. The second-order valence-corrected chi connectivity index (χ2v) is 11.3. The zero-order valence-electron chi connectivity index (χ0n) is 19.5. The van der Waals surface area contributed by atoms with Crippen LogP contribution in [0.5, 0.6) is 11.5 Å². The second kappa shape index (κ2) is 11.9. The van der Waals surface area contributed by atoms with Gasteiger partial charge in [0.05, 0.1) is 9.81 Å². The van der Waals surface area contributed by atoms with Gasteiger partial charge in [-0.05, 0) is 48.5 Å². The van der Waals surface area contributed by atoms with Crippen molar-refractivity contribution in [1.29, 1.82) is 0 Å². The molecule has 2 fully saturated rings. The summed E-state index contributed by atoms with van der Waals surface area (Å²) in [4.78, 5) is 53.5. The SMILES string of the molecule is O=C(CCN1C(=O)C(=C2SC(=S)N(CCC(=O)Nc3ccc(O)cc3)C2=O)SC1=S)Nc1ccc(O)cc1. The number of thioether (sulfide) groups is 2. The highest BCUT2D eigenvalue weighted by Gasteiger charge is 2.42. The Labute approximate surface area is 236 Å². The summed E-state index contributed by atoms with van der Waals surface area (Å²) >= 11 is 12.6. The maximum absolute atomic E-state index is 13.1. The summed E-state index contributed by atoms with van der Waals surface area (Å²) in [7, 11) is 0. The van der Waals surface area contributed by atoms with Gasteiger partial charge >= 0.3 is 0 Å². The van der Waals surface area contributed by atoms with E-state index in [1.165, 1.54) is 34.1 Å². The predicted octanol–water partition coefficient (Wildman–Crippen LogP) is 3.39. The van der Waals surface area contributed by atoms with Crippen molar-refractivity contribution >= 4 is 91.6 Å². The number of anilines is 2. The molecule has 2 aliphatic heterocycles. The van der Waals surface area contributed by atoms with Crippen molar-refractivity contribution in [2.75, 3.05) is 23.7 Å². The number of hydrogen-bond acceptors (Lipinski definition) is 10. The van der Waals surface area contributed by atoms with Gasteiger partial charge < -0.3 is 20.8 Å². The molecule has 4 amide bonds. The van der Waals surface area contributed by atoms with Gasteiger partial charge in [0.2, 0.25) is 11.8 Å². The molecular weight excluding hydrogens is 569 g/mol. The van der Waals surface area contributed by atoms with Gasteiger partial charge in [-0.2, -0.15) is 0 Å². The van der Waals surface area contributed by atoms with Crippen molar-refractivity contribution in [3.63, 3.8) is 0 Å². The van der Waals surface area contributed by atoms with Crippen LogP contribution in [-0.4, -0.2) is 65.4 Å². The largest absolute Gasteiger partial charge is 0.508 e. The Morgan fingerprint density at radius 2 is 1.03 bits per heavy atom. The fourth-order valence-electron chi connectivity index (χ4n) is 3.42. The van der Waals surface area contributed by atoms with Gasteiger partial charge in [-0.25, -0.2) is 0 Å². The van der Waals surface area contributed by atoms with E-state index < -0.39 is 11.8 Å². The Morgan fingerprint density at radius 3 is 1.37 bits per heavy atom. The van der Waals surface area contributed by atoms with E-state index in [0.29, 0.717) is 11.4 Å². The molecule has 0 aliphatic carbocycles. The third-order valence-corrected chi connectivity index (χ3v) is 8.36. The van der Waals surface area contributed by atoms with Crippen LogP contribution in [0.15, 0.2) is 58.3 Å². The Morgan fingerprint density at radius 1 is 0.684 bits per heavy atom. The number of carbonyl (C=O) groups is 4. The molecule has 4 rings (SSSR count). The van der Waals surface area contributed by atoms with E-state index in [1.54, 1.807) is 24.3 Å². The van der Waals surface area contributed by atoms with E-state index in [4.69, 9.17) is 24.4 Å². The molecule has 2 aromatic carbocycles. The normalized spacial score (nSPS) is 17.4. The third-order valence-electron chi connectivity index (χ3n) is 5.33. The number of phenols is 2. The molecule has 0 unspecified atom stereocenters. The summed E-state index contributed by atoms with van der Waals surface area (Å²) < 4.78 is 0.446. The average molecular weight is 589 g/mol. The van der Waals surface area contributed by atoms with E-state index in [-0.39, 0.29) is 67.7 Å². The van der Waals surface area contributed by atoms with Crippen LogP contribution in [0.25, 0.3) is 0 Å². The first-order valence-electron chi connectivity index (χ1n) is 11.1. The van der Waals surface area contributed by atoms with Crippen molar-refractivity contribution in [3.05, 3.63) is 58.3 Å². The Hall–Kier alpha value is -3.46. The standard InChI is InChI=1S/C24H20N4O6S4/c29-15-5-1-13(2-6-15)25-17(31)9-11-27-21(33)19(37-23(27)35)20-22(34)28(24(36)38-20)12-10-18(32)26-14-3-7-16(30)8-4-14/h1-8,29-30H,9-12H2,(H,25,31)(H,26,32). The van der Waals surface area contributed by atoms with E-state index >= 15 is 0 Å². The van der Waals surface area contributed by atoms with Crippen molar-refractivity contribution in [1.82, 2.24) is 9.80 Å². The van der Waals surface area contributed by atoms with Crippen LogP contribution in [-0.2, 0) is 19.2 Å². The van der Waals surface area contributed by atoms with Crippen LogP contribution < -0.4 is 10.6 Å². The number of benzene rings is 2. The summed E-state index contributed by atoms with van der Waals surface area (Å²) in [5.74, 6) is -1.51. The highest BCUT2D eigenvalue weighted by atomic mass is 32.2. The van der Waals surface area contributed by atoms with Crippen LogP contribution in [0, 0.1) is 0 Å². The van der Waals surface area contributed by atoms with Crippen LogP contribution in [0.4, 0.5) is 11.4 Å². The van der Waals surface area contributed by atoms with E-state index in [0.717, 1.165) is 23.5 Å². The highest BCUT2D eigenvalue weighted by Crippen LogP contribution is 2.42. The van der Waals surface area contributed by atoms with Gasteiger partial charge in [0.15, 0.2) is 0 Å². The summed E-state index contributed by atoms with van der Waals surface area (Å²) in [5.41, 5.74) is 0.997. The monoisotopic (exact) mass is 588 g/mol. The quantitative estimate of drug-likeness (QED) is 0.206. The van der Waals surface area contributed by atoms with Gasteiger partial charge in [-0.3, -0.25) is 29.0 Å². The van der Waals surface area contributed by atoms with Gasteiger partial charge in [-0.15, -0.1) is 0 Å². The lowest BCUT2D eigenvalue weighted by Gasteiger charge is -2.14. The number of carbonyl (C=O) groups excluding carboxylic acids is 4. The van der Waals surface area contributed by atoms with Gasteiger partial charge in [-0.1, -0.05) is 48.0 Å². The molecular formula is C24H20N4O6S4. The van der Waals surface area contributed by atoms with Crippen LogP contribution >= 0.6 is 48.0 Å². The number of rotatable bonds is 8. The Kier molecular flexibility index (Phi) is 8.66. The third kappa shape index (κ3) is 6.51. The molecule has 2 heterocycles. The maximum atomic E-state index is 13.1. The molecule has 14 heteroatoms. The summed E-state index contributed by atoms with van der Waals surface area (Å²) in [6, 6.07) is 12.0. The molecule has 2 aromatic rings. The summed E-state index contributed by atoms with van der Waals surface area (Å²) in [5, 5.41) is 24.0. The molecule has 0 bridgehead atoms. The van der Waals surface area contributed by atoms with Crippen LogP contribution in [0.3, 0.4) is 0 Å². The molecule has 10 nitrogen and oxygen atoms in total. The number of phenolic OH excluding ortho intramolecular Hbond substituents is 2. The lowest BCUT2D eigenvalue weighted by molar-refractivity contribution is -0.125. The summed E-state index contributed by atoms with van der Waals surface area (Å²) in [6.07, 6.45) is -0.0601. The molecule has 0 atom stereocenters. The lowest BCUT2D eigenvalue weighted by atomic mass is 10.3. The van der Waals surface area contributed by atoms with E-state index in [1.807, 2.05) is 0 Å². The predicted molar refractivity (Wildman–Crippen MR) is 154 cm³/mol. The number of thiocarbonyl (C=S) groups is 2. The molecule has 4 N–H and O–H groups in total. The highest BCUT2D eigenvalue weighted by molar-refractivity contribution is 8.29. The van der Waals surface area contributed by atoms with Crippen molar-refractivity contribution < 1.29 is 29.4 Å². The van der Waals surface area contributed by atoms with Crippen molar-refractivity contribution in [2.24, 2.45) is 0 Å². The minimum absolute atomic E-state index is 0.0236. The van der Waals surface area contributed by atoms with E-state index in [9.17, 15) is 29.4 Å². The minimum Gasteiger partial charge on any atom is -0.508 e. The Bertz CT molecular complexity index is 1260. The topological polar surface area (TPSA) is 139 Å². The molecule has 2 aliphatic rings. The maximum Gasteiger partial charge on any atom is 0.267 e. The minimum atomic E-state index is -0.483. The number of amides is 4. The molecule has 0 saturated carbocycles. The zero-order chi connectivity index (χ0) is 27.4. The van der Waals surface area contributed by atoms with Crippen LogP contribution in [0.1, 0.15) is 12.8 Å². The fourth-order valence-corrected chi connectivity index (χ4v) is 6.19. The van der Waals surface area contributed by atoms with Gasteiger partial charge in [0.1, 0.15) is 20.1 Å². The first-order valence-corrected chi connectivity index (χ1v) is 13.6. The molecule has 196 valence electrons. The van der Waals surface area contributed by atoms with Crippen molar-refractivity contribution in [2.45, 2.75) is 12.8 Å². The number of nitrogens with one attached hydrogen (secondary N) is 2. The molecule has 2 saturated heterocycles. The van der Waals surface area contributed by atoms with Crippen molar-refractivity contribution in [3.8, 4) is 11.5 Å². The molecule has 38 heavy (non-hydrogen) atoms. The Balaban J connectivity index is 1.34. The zero-order valence-corrected chi connectivity index (χ0v) is 22.8. The van der Waals surface area contributed by atoms with Gasteiger partial charge in [0.25, 0.3) is 11.8 Å².